The zero-order valence-corrected chi connectivity index (χ0v) is 18.4. The smallest absolute Gasteiger partial charge is 0.311 e. The SMILES string of the molecule is CCOC(=O)CC1=NCC(NCc2ccc3c(c2)N(COC)c2nccnc2S3)C=C1. The average Bonchev–Trinajstić information content (AvgIpc) is 2.79. The molecule has 0 aliphatic carbocycles. The van der Waals surface area contributed by atoms with E-state index in [-0.39, 0.29) is 18.4 Å². The number of hydrogen-bond acceptors (Lipinski definition) is 9. The Bertz CT molecular complexity index is 1010. The van der Waals surface area contributed by atoms with Crippen molar-refractivity contribution in [1.82, 2.24) is 15.3 Å². The van der Waals surface area contributed by atoms with Gasteiger partial charge in [0, 0.05) is 42.7 Å². The number of allylic oxidation sites excluding steroid dienone is 1. The van der Waals surface area contributed by atoms with Crippen LogP contribution in [0.25, 0.3) is 0 Å². The van der Waals surface area contributed by atoms with Gasteiger partial charge in [-0.25, -0.2) is 9.97 Å². The quantitative estimate of drug-likeness (QED) is 0.628. The summed E-state index contributed by atoms with van der Waals surface area (Å²) < 4.78 is 10.4. The van der Waals surface area contributed by atoms with Crippen molar-refractivity contribution in [1.29, 1.82) is 0 Å². The summed E-state index contributed by atoms with van der Waals surface area (Å²) in [6, 6.07) is 6.52. The summed E-state index contributed by atoms with van der Waals surface area (Å²) in [5.74, 6) is 0.571. The van der Waals surface area contributed by atoms with Crippen molar-refractivity contribution in [2.75, 3.05) is 31.9 Å². The number of hydrogen-bond donors (Lipinski definition) is 1. The van der Waals surface area contributed by atoms with E-state index in [0.29, 0.717) is 26.4 Å². The second-order valence-corrected chi connectivity index (χ2v) is 8.13. The first-order valence-corrected chi connectivity index (χ1v) is 11.0. The minimum atomic E-state index is -0.240. The predicted molar refractivity (Wildman–Crippen MR) is 120 cm³/mol. The van der Waals surface area contributed by atoms with Crippen LogP contribution in [0.5, 0.6) is 0 Å². The molecule has 3 heterocycles. The molecule has 0 saturated heterocycles. The first-order chi connectivity index (χ1) is 15.2. The third-order valence-corrected chi connectivity index (χ3v) is 5.94. The van der Waals surface area contributed by atoms with Crippen LogP contribution in [0.2, 0.25) is 0 Å². The number of methoxy groups -OCH3 is 1. The molecule has 2 aliphatic heterocycles. The second-order valence-electron chi connectivity index (χ2n) is 7.10. The summed E-state index contributed by atoms with van der Waals surface area (Å²) in [5.41, 5.74) is 2.98. The fourth-order valence-corrected chi connectivity index (χ4v) is 4.42. The Morgan fingerprint density at radius 2 is 2.19 bits per heavy atom. The second kappa shape index (κ2) is 10.0. The van der Waals surface area contributed by atoms with Crippen LogP contribution in [0.1, 0.15) is 18.9 Å². The fourth-order valence-electron chi connectivity index (χ4n) is 3.44. The number of benzene rings is 1. The van der Waals surface area contributed by atoms with E-state index in [2.05, 4.69) is 44.6 Å². The fraction of sp³-hybridized carbons (Fsp3) is 0.364. The topological polar surface area (TPSA) is 88.9 Å². The lowest BCUT2D eigenvalue weighted by Gasteiger charge is -2.30. The highest BCUT2D eigenvalue weighted by molar-refractivity contribution is 7.99. The maximum atomic E-state index is 11.6. The number of esters is 1. The first-order valence-electron chi connectivity index (χ1n) is 10.2. The van der Waals surface area contributed by atoms with Crippen LogP contribution in [-0.4, -0.2) is 54.7 Å². The molecule has 1 atom stereocenters. The number of anilines is 2. The molecule has 0 radical (unpaired) electrons. The van der Waals surface area contributed by atoms with E-state index in [1.54, 1.807) is 38.2 Å². The first kappa shape index (κ1) is 21.5. The van der Waals surface area contributed by atoms with Crippen LogP contribution in [-0.2, 0) is 20.8 Å². The number of dihydropyridines is 1. The average molecular weight is 440 g/mol. The zero-order valence-electron chi connectivity index (χ0n) is 17.6. The zero-order chi connectivity index (χ0) is 21.6. The number of nitrogens with zero attached hydrogens (tertiary/aromatic N) is 4. The molecule has 0 bridgehead atoms. The molecule has 1 aromatic heterocycles. The third kappa shape index (κ3) is 5.12. The van der Waals surface area contributed by atoms with Crippen LogP contribution in [0.15, 0.2) is 57.7 Å². The predicted octanol–water partition coefficient (Wildman–Crippen LogP) is 3.11. The number of aromatic nitrogens is 2. The summed E-state index contributed by atoms with van der Waals surface area (Å²) in [7, 11) is 1.68. The van der Waals surface area contributed by atoms with Crippen molar-refractivity contribution < 1.29 is 14.3 Å². The minimum absolute atomic E-state index is 0.123. The number of carbonyl (C=O) groups is 1. The molecule has 1 aromatic carbocycles. The van der Waals surface area contributed by atoms with Gasteiger partial charge in [-0.2, -0.15) is 0 Å². The van der Waals surface area contributed by atoms with Crippen LogP contribution >= 0.6 is 11.8 Å². The van der Waals surface area contributed by atoms with Gasteiger partial charge in [0.1, 0.15) is 11.8 Å². The molecule has 0 saturated carbocycles. The molecule has 4 rings (SSSR count). The Morgan fingerprint density at radius 3 is 2.97 bits per heavy atom. The van der Waals surface area contributed by atoms with E-state index in [4.69, 9.17) is 9.47 Å². The molecule has 8 nitrogen and oxygen atoms in total. The van der Waals surface area contributed by atoms with Gasteiger partial charge in [0.25, 0.3) is 0 Å². The van der Waals surface area contributed by atoms with Crippen molar-refractivity contribution in [3.8, 4) is 0 Å². The summed E-state index contributed by atoms with van der Waals surface area (Å²) >= 11 is 1.62. The molecule has 1 unspecified atom stereocenters. The van der Waals surface area contributed by atoms with Gasteiger partial charge in [0.05, 0.1) is 25.3 Å². The van der Waals surface area contributed by atoms with E-state index in [0.717, 1.165) is 32.7 Å². The van der Waals surface area contributed by atoms with Gasteiger partial charge in [-0.1, -0.05) is 23.9 Å². The van der Waals surface area contributed by atoms with Crippen molar-refractivity contribution in [3.05, 3.63) is 48.3 Å². The van der Waals surface area contributed by atoms with Gasteiger partial charge < -0.3 is 14.8 Å². The summed E-state index contributed by atoms with van der Waals surface area (Å²) in [5, 5.41) is 4.39. The normalized spacial score (nSPS) is 17.0. The lowest BCUT2D eigenvalue weighted by molar-refractivity contribution is -0.141. The highest BCUT2D eigenvalue weighted by atomic mass is 32.2. The van der Waals surface area contributed by atoms with E-state index in [1.807, 2.05) is 11.0 Å². The van der Waals surface area contributed by atoms with Crippen LogP contribution in [0.3, 0.4) is 0 Å². The van der Waals surface area contributed by atoms with Crippen LogP contribution in [0.4, 0.5) is 11.5 Å². The largest absolute Gasteiger partial charge is 0.466 e. The lowest BCUT2D eigenvalue weighted by atomic mass is 10.1. The number of fused-ring (bicyclic) bond motifs is 2. The maximum Gasteiger partial charge on any atom is 0.311 e. The van der Waals surface area contributed by atoms with E-state index < -0.39 is 0 Å². The van der Waals surface area contributed by atoms with Gasteiger partial charge in [-0.05, 0) is 30.7 Å². The molecule has 0 fully saturated rings. The molecule has 2 aliphatic rings. The summed E-state index contributed by atoms with van der Waals surface area (Å²) in [4.78, 5) is 28.2. The molecule has 31 heavy (non-hydrogen) atoms. The van der Waals surface area contributed by atoms with Crippen LogP contribution in [0, 0.1) is 0 Å². The molecule has 1 N–H and O–H groups in total. The lowest BCUT2D eigenvalue weighted by Crippen LogP contribution is -2.32. The Morgan fingerprint density at radius 1 is 1.32 bits per heavy atom. The number of aliphatic imine (C=N–C) groups is 1. The Labute approximate surface area is 185 Å². The highest BCUT2D eigenvalue weighted by Crippen LogP contribution is 2.46. The van der Waals surface area contributed by atoms with Gasteiger partial charge in [0.2, 0.25) is 0 Å². The summed E-state index contributed by atoms with van der Waals surface area (Å²) in [6.45, 7) is 3.89. The van der Waals surface area contributed by atoms with Crippen molar-refractivity contribution in [2.24, 2.45) is 4.99 Å². The number of carbonyl (C=O) groups excluding carboxylic acids is 1. The number of ether oxygens (including phenoxy) is 2. The molecular formula is C22H25N5O3S. The van der Waals surface area contributed by atoms with Crippen LogP contribution < -0.4 is 10.2 Å². The molecular weight excluding hydrogens is 414 g/mol. The monoisotopic (exact) mass is 439 g/mol. The van der Waals surface area contributed by atoms with Gasteiger partial charge >= 0.3 is 5.97 Å². The van der Waals surface area contributed by atoms with E-state index >= 15 is 0 Å². The molecule has 2 aromatic rings. The van der Waals surface area contributed by atoms with Crippen molar-refractivity contribution >= 4 is 34.9 Å². The number of rotatable bonds is 8. The molecule has 0 spiro atoms. The van der Waals surface area contributed by atoms with Gasteiger partial charge in [-0.3, -0.25) is 14.7 Å². The van der Waals surface area contributed by atoms with E-state index in [9.17, 15) is 4.79 Å². The van der Waals surface area contributed by atoms with Gasteiger partial charge in [-0.15, -0.1) is 0 Å². The van der Waals surface area contributed by atoms with Gasteiger partial charge in [0.15, 0.2) is 5.82 Å². The maximum absolute atomic E-state index is 11.6. The standard InChI is InChI=1S/C22H25N5O3S/c1-3-30-20(28)11-16-5-6-17(13-26-16)25-12-15-4-7-19-18(10-15)27(14-29-2)21-22(31-19)24-9-8-23-21/h4-10,17,25H,3,11-14H2,1-2H3. The minimum Gasteiger partial charge on any atom is -0.466 e. The molecule has 9 heteroatoms. The summed E-state index contributed by atoms with van der Waals surface area (Å²) in [6.07, 6.45) is 7.58. The Balaban J connectivity index is 1.40. The highest BCUT2D eigenvalue weighted by Gasteiger charge is 2.25. The Kier molecular flexibility index (Phi) is 6.96. The number of nitrogens with one attached hydrogen (secondary N) is 1. The Hall–Kier alpha value is -2.75. The third-order valence-electron chi connectivity index (χ3n) is 4.89. The van der Waals surface area contributed by atoms with Crippen molar-refractivity contribution in [2.45, 2.75) is 35.9 Å². The molecule has 162 valence electrons. The molecule has 0 amide bonds. The van der Waals surface area contributed by atoms with Crippen molar-refractivity contribution in [3.63, 3.8) is 0 Å². The van der Waals surface area contributed by atoms with E-state index in [1.165, 1.54) is 0 Å².